The van der Waals surface area contributed by atoms with Crippen LogP contribution in [0.5, 0.6) is 0 Å². The number of aliphatic hydroxyl groups excluding tert-OH is 1. The van der Waals surface area contributed by atoms with Crippen LogP contribution in [0, 0.1) is 17.7 Å². The van der Waals surface area contributed by atoms with Gasteiger partial charge in [-0.25, -0.2) is 12.8 Å². The Bertz CT molecular complexity index is 807. The highest BCUT2D eigenvalue weighted by molar-refractivity contribution is 7.92. The number of sulfonamides is 1. The molecule has 108 valence electrons. The summed E-state index contributed by atoms with van der Waals surface area (Å²) in [6.07, 6.45) is 0. The van der Waals surface area contributed by atoms with Gasteiger partial charge in [-0.05, 0) is 30.3 Å². The number of hydrogen-bond donors (Lipinski definition) is 2. The number of halogens is 1. The van der Waals surface area contributed by atoms with E-state index in [0.717, 1.165) is 0 Å². The average molecular weight is 305 g/mol. The quantitative estimate of drug-likeness (QED) is 0.852. The zero-order valence-electron chi connectivity index (χ0n) is 10.9. The maximum atomic E-state index is 13.5. The van der Waals surface area contributed by atoms with Crippen molar-refractivity contribution in [2.45, 2.75) is 4.90 Å². The van der Waals surface area contributed by atoms with Crippen molar-refractivity contribution < 1.29 is 17.9 Å². The molecule has 0 aromatic heterocycles. The molecule has 0 saturated heterocycles. The predicted molar refractivity (Wildman–Crippen MR) is 77.6 cm³/mol. The van der Waals surface area contributed by atoms with Crippen LogP contribution in [0.4, 0.5) is 10.1 Å². The molecule has 0 fully saturated rings. The predicted octanol–water partition coefficient (Wildman–Crippen LogP) is 1.97. The molecule has 0 heterocycles. The van der Waals surface area contributed by atoms with Gasteiger partial charge in [0.15, 0.2) is 0 Å². The smallest absolute Gasteiger partial charge is 0.262 e. The van der Waals surface area contributed by atoms with Crippen LogP contribution in [0.25, 0.3) is 0 Å². The van der Waals surface area contributed by atoms with E-state index in [2.05, 4.69) is 16.6 Å². The number of para-hydroxylation sites is 1. The Balaban J connectivity index is 2.34. The molecule has 6 heteroatoms. The van der Waals surface area contributed by atoms with E-state index in [0.29, 0.717) is 5.56 Å². The third kappa shape index (κ3) is 3.81. The molecule has 0 spiro atoms. The Kier molecular flexibility index (Phi) is 4.58. The summed E-state index contributed by atoms with van der Waals surface area (Å²) in [4.78, 5) is -0.0320. The highest BCUT2D eigenvalue weighted by Crippen LogP contribution is 2.19. The van der Waals surface area contributed by atoms with E-state index in [-0.39, 0.29) is 17.2 Å². The van der Waals surface area contributed by atoms with Crippen molar-refractivity contribution in [1.82, 2.24) is 0 Å². The fourth-order valence-electron chi connectivity index (χ4n) is 1.63. The highest BCUT2D eigenvalue weighted by atomic mass is 32.2. The molecule has 0 aliphatic heterocycles. The van der Waals surface area contributed by atoms with Crippen LogP contribution >= 0.6 is 0 Å². The lowest BCUT2D eigenvalue weighted by atomic mass is 10.2. The molecule has 2 N–H and O–H groups in total. The molecule has 0 aliphatic rings. The summed E-state index contributed by atoms with van der Waals surface area (Å²) in [7, 11) is -3.90. The van der Waals surface area contributed by atoms with Crippen LogP contribution in [-0.4, -0.2) is 20.1 Å². The first-order chi connectivity index (χ1) is 10.0. The molecule has 2 aromatic carbocycles. The number of nitrogens with one attached hydrogen (secondary N) is 1. The molecule has 21 heavy (non-hydrogen) atoms. The van der Waals surface area contributed by atoms with Gasteiger partial charge in [0.25, 0.3) is 10.0 Å². The Hall–Kier alpha value is -2.36. The van der Waals surface area contributed by atoms with E-state index < -0.39 is 15.8 Å². The van der Waals surface area contributed by atoms with E-state index in [1.54, 1.807) is 6.07 Å². The van der Waals surface area contributed by atoms with Gasteiger partial charge in [-0.2, -0.15) is 0 Å². The van der Waals surface area contributed by atoms with E-state index in [1.165, 1.54) is 42.5 Å². The van der Waals surface area contributed by atoms with Crippen molar-refractivity contribution in [2.75, 3.05) is 11.3 Å². The molecular weight excluding hydrogens is 293 g/mol. The second-order valence-electron chi connectivity index (χ2n) is 4.07. The molecule has 0 bridgehead atoms. The lowest BCUT2D eigenvalue weighted by Gasteiger charge is -2.09. The van der Waals surface area contributed by atoms with Crippen LogP contribution in [0.15, 0.2) is 53.4 Å². The Morgan fingerprint density at radius 2 is 1.90 bits per heavy atom. The summed E-state index contributed by atoms with van der Waals surface area (Å²) >= 11 is 0. The maximum Gasteiger partial charge on any atom is 0.262 e. The highest BCUT2D eigenvalue weighted by Gasteiger charge is 2.16. The van der Waals surface area contributed by atoms with E-state index >= 15 is 0 Å². The van der Waals surface area contributed by atoms with Gasteiger partial charge in [0.05, 0.1) is 10.6 Å². The van der Waals surface area contributed by atoms with Gasteiger partial charge in [0.1, 0.15) is 12.4 Å². The summed E-state index contributed by atoms with van der Waals surface area (Å²) in [5.41, 5.74) is 0.324. The first-order valence-corrected chi connectivity index (χ1v) is 7.48. The van der Waals surface area contributed by atoms with Gasteiger partial charge in [-0.15, -0.1) is 0 Å². The van der Waals surface area contributed by atoms with Gasteiger partial charge >= 0.3 is 0 Å². The number of hydrogen-bond acceptors (Lipinski definition) is 3. The third-order valence-corrected chi connectivity index (χ3v) is 3.94. The molecule has 0 saturated carbocycles. The monoisotopic (exact) mass is 305 g/mol. The fraction of sp³-hybridized carbons (Fsp3) is 0.0667. The van der Waals surface area contributed by atoms with Crippen LogP contribution in [0.1, 0.15) is 5.56 Å². The largest absolute Gasteiger partial charge is 0.384 e. The molecule has 0 radical (unpaired) electrons. The molecule has 2 rings (SSSR count). The van der Waals surface area contributed by atoms with Gasteiger partial charge in [-0.3, -0.25) is 4.72 Å². The van der Waals surface area contributed by atoms with Gasteiger partial charge in [0, 0.05) is 5.56 Å². The second kappa shape index (κ2) is 6.39. The van der Waals surface area contributed by atoms with Crippen molar-refractivity contribution >= 4 is 15.7 Å². The number of benzene rings is 2. The van der Waals surface area contributed by atoms with Crippen molar-refractivity contribution in [3.63, 3.8) is 0 Å². The molecule has 4 nitrogen and oxygen atoms in total. The Labute approximate surface area is 122 Å². The molecule has 2 aromatic rings. The minimum absolute atomic E-state index is 0.0320. The minimum atomic E-state index is -3.90. The Morgan fingerprint density at radius 1 is 1.14 bits per heavy atom. The van der Waals surface area contributed by atoms with Crippen molar-refractivity contribution in [2.24, 2.45) is 0 Å². The molecule has 0 amide bonds. The summed E-state index contributed by atoms with van der Waals surface area (Å²) in [6.45, 7) is -0.315. The Morgan fingerprint density at radius 3 is 2.62 bits per heavy atom. The molecule has 0 unspecified atom stereocenters. The number of aliphatic hydroxyl groups is 1. The molecule has 0 atom stereocenters. The first kappa shape index (κ1) is 15.0. The van der Waals surface area contributed by atoms with E-state index in [1.807, 2.05) is 0 Å². The third-order valence-electron chi connectivity index (χ3n) is 2.57. The standard InChI is InChI=1S/C15H12FNO3S/c16-14-8-1-2-9-15(14)17-21(19,20)13-7-3-5-12(11-13)6-4-10-18/h1-3,5,7-9,11,17-18H,10H2. The van der Waals surface area contributed by atoms with Gasteiger partial charge in [-0.1, -0.05) is 30.0 Å². The van der Waals surface area contributed by atoms with Gasteiger partial charge in [0.2, 0.25) is 0 Å². The van der Waals surface area contributed by atoms with E-state index in [4.69, 9.17) is 5.11 Å². The van der Waals surface area contributed by atoms with Crippen LogP contribution in [0.2, 0.25) is 0 Å². The number of anilines is 1. The lowest BCUT2D eigenvalue weighted by Crippen LogP contribution is -2.14. The van der Waals surface area contributed by atoms with Crippen LogP contribution in [0.3, 0.4) is 0 Å². The summed E-state index contributed by atoms with van der Waals surface area (Å²) in [5, 5.41) is 8.64. The fourth-order valence-corrected chi connectivity index (χ4v) is 2.74. The zero-order valence-corrected chi connectivity index (χ0v) is 11.7. The minimum Gasteiger partial charge on any atom is -0.384 e. The maximum absolute atomic E-state index is 13.5. The number of rotatable bonds is 3. The normalized spacial score (nSPS) is 10.6. The van der Waals surface area contributed by atoms with Crippen LogP contribution in [-0.2, 0) is 10.0 Å². The van der Waals surface area contributed by atoms with Crippen molar-refractivity contribution in [1.29, 1.82) is 0 Å². The van der Waals surface area contributed by atoms with Crippen molar-refractivity contribution in [3.8, 4) is 11.8 Å². The average Bonchev–Trinajstić information content (AvgIpc) is 2.48. The molecule has 0 aliphatic carbocycles. The topological polar surface area (TPSA) is 66.4 Å². The lowest BCUT2D eigenvalue weighted by molar-refractivity contribution is 0.350. The summed E-state index contributed by atoms with van der Waals surface area (Å²) < 4.78 is 40.1. The summed E-state index contributed by atoms with van der Waals surface area (Å²) in [5.74, 6) is 4.39. The second-order valence-corrected chi connectivity index (χ2v) is 5.76. The molecular formula is C15H12FNO3S. The van der Waals surface area contributed by atoms with Crippen LogP contribution < -0.4 is 4.72 Å². The van der Waals surface area contributed by atoms with Crippen molar-refractivity contribution in [3.05, 3.63) is 59.9 Å². The first-order valence-electron chi connectivity index (χ1n) is 6.00. The zero-order chi connectivity index (χ0) is 15.3. The van der Waals surface area contributed by atoms with Gasteiger partial charge < -0.3 is 5.11 Å². The summed E-state index contributed by atoms with van der Waals surface area (Å²) in [6, 6.07) is 11.4. The van der Waals surface area contributed by atoms with E-state index in [9.17, 15) is 12.8 Å². The SMILES string of the molecule is O=S(=O)(Nc1ccccc1F)c1cccc(C#CCO)c1.